The molecule has 8 nitrogen and oxygen atoms in total. The lowest BCUT2D eigenvalue weighted by Gasteiger charge is -2.24. The number of hydrogen-bond acceptors (Lipinski definition) is 6. The molecule has 30 heavy (non-hydrogen) atoms. The zero-order chi connectivity index (χ0) is 22.7. The Morgan fingerprint density at radius 1 is 0.633 bits per heavy atom. The van der Waals surface area contributed by atoms with Crippen molar-refractivity contribution in [1.29, 1.82) is 0 Å². The van der Waals surface area contributed by atoms with Gasteiger partial charge in [0.15, 0.2) is 0 Å². The molecule has 0 amide bonds. The second-order valence-electron chi connectivity index (χ2n) is 6.66. The Labute approximate surface area is 178 Å². The van der Waals surface area contributed by atoms with Crippen molar-refractivity contribution in [1.82, 2.24) is 0 Å². The number of hydrogen-bond donors (Lipinski definition) is 2. The fourth-order valence-electron chi connectivity index (χ4n) is 3.46. The van der Waals surface area contributed by atoms with Gasteiger partial charge in [-0.2, -0.15) is 16.8 Å². The van der Waals surface area contributed by atoms with Crippen LogP contribution in [0.25, 0.3) is 11.1 Å². The highest BCUT2D eigenvalue weighted by molar-refractivity contribution is 7.86. The summed E-state index contributed by atoms with van der Waals surface area (Å²) in [5.74, 6) is 0. The molecular weight excluding hydrogens is 428 g/mol. The lowest BCUT2D eigenvalue weighted by molar-refractivity contribution is 0.480. The fraction of sp³-hybridized carbons (Fsp3) is 0.400. The molecule has 0 atom stereocenters. The largest absolute Gasteiger partial charge is 0.372 e. The highest BCUT2D eigenvalue weighted by Crippen LogP contribution is 2.36. The maximum Gasteiger partial charge on any atom is 0.295 e. The monoisotopic (exact) mass is 456 g/mol. The normalized spacial score (nSPS) is 12.1. The molecule has 0 aliphatic rings. The van der Waals surface area contributed by atoms with Crippen molar-refractivity contribution in [3.05, 3.63) is 36.4 Å². The van der Waals surface area contributed by atoms with Crippen molar-refractivity contribution in [2.45, 2.75) is 37.5 Å². The van der Waals surface area contributed by atoms with E-state index in [1.165, 1.54) is 24.3 Å². The van der Waals surface area contributed by atoms with Crippen LogP contribution in [0, 0.1) is 0 Å². The summed E-state index contributed by atoms with van der Waals surface area (Å²) in [6.07, 6.45) is 0. The highest BCUT2D eigenvalue weighted by Gasteiger charge is 2.25. The molecule has 166 valence electrons. The van der Waals surface area contributed by atoms with Crippen LogP contribution in [-0.2, 0) is 20.2 Å². The second-order valence-corrected chi connectivity index (χ2v) is 9.44. The van der Waals surface area contributed by atoms with E-state index in [9.17, 15) is 25.9 Å². The van der Waals surface area contributed by atoms with Crippen molar-refractivity contribution in [2.75, 3.05) is 36.0 Å². The van der Waals surface area contributed by atoms with Crippen LogP contribution in [0.3, 0.4) is 0 Å². The van der Waals surface area contributed by atoms with E-state index >= 15 is 0 Å². The van der Waals surface area contributed by atoms with Crippen LogP contribution in [0.1, 0.15) is 27.7 Å². The van der Waals surface area contributed by atoms with Crippen LogP contribution in [0.5, 0.6) is 0 Å². The van der Waals surface area contributed by atoms with E-state index in [1.54, 1.807) is 12.1 Å². The Morgan fingerprint density at radius 2 is 0.933 bits per heavy atom. The molecule has 0 aliphatic heterocycles. The third-order valence-corrected chi connectivity index (χ3v) is 6.82. The zero-order valence-electron chi connectivity index (χ0n) is 17.5. The molecule has 0 unspecified atom stereocenters. The van der Waals surface area contributed by atoms with Gasteiger partial charge in [-0.25, -0.2) is 0 Å². The van der Waals surface area contributed by atoms with E-state index < -0.39 is 30.0 Å². The predicted octanol–water partition coefficient (Wildman–Crippen LogP) is 3.54. The van der Waals surface area contributed by atoms with Gasteiger partial charge in [-0.3, -0.25) is 9.11 Å². The molecule has 2 N–H and O–H groups in total. The van der Waals surface area contributed by atoms with Crippen LogP contribution in [0.4, 0.5) is 11.4 Å². The van der Waals surface area contributed by atoms with E-state index in [1.807, 2.05) is 37.5 Å². The van der Waals surface area contributed by atoms with Gasteiger partial charge < -0.3 is 9.80 Å². The molecule has 0 saturated carbocycles. The molecule has 0 bridgehead atoms. The maximum atomic E-state index is 12.1. The third kappa shape index (κ3) is 5.12. The first-order chi connectivity index (χ1) is 14.0. The van der Waals surface area contributed by atoms with Gasteiger partial charge in [-0.05, 0) is 52.0 Å². The Bertz CT molecular complexity index is 1020. The van der Waals surface area contributed by atoms with Crippen molar-refractivity contribution < 1.29 is 25.9 Å². The molecule has 0 aliphatic carbocycles. The summed E-state index contributed by atoms with van der Waals surface area (Å²) in [5.41, 5.74) is 1.13. The first-order valence-corrected chi connectivity index (χ1v) is 12.6. The van der Waals surface area contributed by atoms with Gasteiger partial charge in [0.25, 0.3) is 20.2 Å². The molecule has 2 rings (SSSR count). The molecule has 0 fully saturated rings. The van der Waals surface area contributed by atoms with E-state index in [0.29, 0.717) is 37.6 Å². The molecule has 0 saturated heterocycles. The summed E-state index contributed by atoms with van der Waals surface area (Å²) >= 11 is 0. The van der Waals surface area contributed by atoms with Crippen LogP contribution in [0.15, 0.2) is 46.2 Å². The number of anilines is 2. The van der Waals surface area contributed by atoms with E-state index in [0.717, 1.165) is 0 Å². The first kappa shape index (κ1) is 24.1. The van der Waals surface area contributed by atoms with E-state index in [2.05, 4.69) is 0 Å². The summed E-state index contributed by atoms with van der Waals surface area (Å²) < 4.78 is 68.2. The number of nitrogens with zero attached hydrogens (tertiary/aromatic N) is 2. The van der Waals surface area contributed by atoms with Gasteiger partial charge in [-0.15, -0.1) is 0 Å². The van der Waals surface area contributed by atoms with Gasteiger partial charge in [-0.1, -0.05) is 12.1 Å². The van der Waals surface area contributed by atoms with E-state index in [4.69, 9.17) is 0 Å². The maximum absolute atomic E-state index is 12.1. The second kappa shape index (κ2) is 9.34. The Balaban J connectivity index is 2.83. The van der Waals surface area contributed by atoms with Crippen LogP contribution >= 0.6 is 0 Å². The molecule has 0 aromatic heterocycles. The van der Waals surface area contributed by atoms with Crippen LogP contribution in [0.2, 0.25) is 0 Å². The highest BCUT2D eigenvalue weighted by atomic mass is 32.2. The summed E-state index contributed by atoms with van der Waals surface area (Å²) in [7, 11) is -9.33. The van der Waals surface area contributed by atoms with Gasteiger partial charge in [0.1, 0.15) is 9.79 Å². The summed E-state index contributed by atoms with van der Waals surface area (Å²) in [5, 5.41) is 0. The fourth-order valence-corrected chi connectivity index (χ4v) is 4.92. The molecular formula is C20H28N2O6S2. The lowest BCUT2D eigenvalue weighted by Crippen LogP contribution is -2.22. The van der Waals surface area contributed by atoms with Gasteiger partial charge in [0, 0.05) is 48.7 Å². The molecule has 2 aromatic carbocycles. The Kier molecular flexibility index (Phi) is 7.51. The summed E-state index contributed by atoms with van der Waals surface area (Å²) in [6.45, 7) is 10.1. The quantitative estimate of drug-likeness (QED) is 0.551. The molecule has 10 heteroatoms. The molecule has 0 spiro atoms. The van der Waals surface area contributed by atoms with Gasteiger partial charge in [0.2, 0.25) is 0 Å². The molecule has 0 radical (unpaired) electrons. The molecule has 2 aromatic rings. The van der Waals surface area contributed by atoms with E-state index in [-0.39, 0.29) is 11.1 Å². The first-order valence-electron chi connectivity index (χ1n) is 9.71. The Hall–Kier alpha value is -2.14. The average Bonchev–Trinajstić information content (AvgIpc) is 2.68. The van der Waals surface area contributed by atoms with Crippen LogP contribution in [-0.4, -0.2) is 52.1 Å². The lowest BCUT2D eigenvalue weighted by atomic mass is 10.0. The summed E-state index contributed by atoms with van der Waals surface area (Å²) in [6, 6.07) is 8.81. The number of rotatable bonds is 9. The minimum atomic E-state index is -4.67. The third-order valence-electron chi connectivity index (χ3n) is 5.03. The van der Waals surface area contributed by atoms with Crippen molar-refractivity contribution in [3.63, 3.8) is 0 Å². The minimum Gasteiger partial charge on any atom is -0.372 e. The minimum absolute atomic E-state index is 0.00729. The predicted molar refractivity (Wildman–Crippen MR) is 119 cm³/mol. The SMILES string of the molecule is CCN(CC)c1ccc(-c2ccc(N(CC)CC)cc2S(=O)(=O)O)c(S(=O)(=O)O)c1. The molecule has 0 heterocycles. The van der Waals surface area contributed by atoms with Crippen LogP contribution < -0.4 is 9.80 Å². The smallest absolute Gasteiger partial charge is 0.295 e. The van der Waals surface area contributed by atoms with Gasteiger partial charge >= 0.3 is 0 Å². The standard InChI is InChI=1S/C20H28N2O6S2/c1-5-21(6-2)15-9-11-17(19(13-15)29(23,24)25)18-12-10-16(22(7-3)8-4)14-20(18)30(26,27)28/h9-14H,5-8H2,1-4H3,(H,23,24,25)(H,26,27,28). The van der Waals surface area contributed by atoms with Crippen molar-refractivity contribution >= 4 is 31.6 Å². The topological polar surface area (TPSA) is 115 Å². The van der Waals surface area contributed by atoms with Crippen molar-refractivity contribution in [2.24, 2.45) is 0 Å². The zero-order valence-corrected chi connectivity index (χ0v) is 19.2. The number of benzene rings is 2. The summed E-state index contributed by atoms with van der Waals surface area (Å²) in [4.78, 5) is 2.94. The van der Waals surface area contributed by atoms with Gasteiger partial charge in [0.05, 0.1) is 0 Å². The van der Waals surface area contributed by atoms with Crippen molar-refractivity contribution in [3.8, 4) is 11.1 Å². The average molecular weight is 457 g/mol. The Morgan fingerprint density at radius 3 is 1.17 bits per heavy atom.